The van der Waals surface area contributed by atoms with Crippen LogP contribution in [0.5, 0.6) is 0 Å². The Morgan fingerprint density at radius 2 is 2.00 bits per heavy atom. The van der Waals surface area contributed by atoms with E-state index in [2.05, 4.69) is 20.0 Å². The van der Waals surface area contributed by atoms with E-state index >= 15 is 0 Å². The number of pyridine rings is 1. The Bertz CT molecular complexity index is 953. The van der Waals surface area contributed by atoms with Crippen LogP contribution in [-0.2, 0) is 14.8 Å². The quantitative estimate of drug-likeness (QED) is 0.820. The first-order chi connectivity index (χ1) is 12.4. The minimum Gasteiger partial charge on any atom is -0.363 e. The molecule has 1 aliphatic rings. The lowest BCUT2D eigenvalue weighted by Gasteiger charge is -2.11. The van der Waals surface area contributed by atoms with E-state index in [-0.39, 0.29) is 29.6 Å². The number of benzene rings is 1. The molecule has 0 atom stereocenters. The molecule has 0 aliphatic carbocycles. The fourth-order valence-electron chi connectivity index (χ4n) is 2.47. The van der Waals surface area contributed by atoms with Crippen molar-refractivity contribution < 1.29 is 13.2 Å². The summed E-state index contributed by atoms with van der Waals surface area (Å²) in [5.41, 5.74) is 1.12. The van der Waals surface area contributed by atoms with Crippen molar-refractivity contribution in [3.05, 3.63) is 48.2 Å². The number of carbonyl (C=O) groups is 1. The number of anilines is 2. The van der Waals surface area contributed by atoms with Gasteiger partial charge >= 0.3 is 0 Å². The minimum atomic E-state index is -3.56. The van der Waals surface area contributed by atoms with Gasteiger partial charge in [0.2, 0.25) is 5.91 Å². The predicted octanol–water partition coefficient (Wildman–Crippen LogP) is 1.21. The third-order valence-electron chi connectivity index (χ3n) is 3.76. The molecule has 2 heterocycles. The number of fused-ring (bicyclic) bond motifs is 1. The summed E-state index contributed by atoms with van der Waals surface area (Å²) >= 11 is 0. The van der Waals surface area contributed by atoms with Gasteiger partial charge in [-0.25, -0.2) is 13.4 Å². The van der Waals surface area contributed by atoms with Gasteiger partial charge in [0.05, 0.1) is 23.3 Å². The predicted molar refractivity (Wildman–Crippen MR) is 100.0 cm³/mol. The highest BCUT2D eigenvalue weighted by atomic mass is 32.2. The zero-order valence-electron chi connectivity index (χ0n) is 14.4. The molecule has 0 fully saturated rings. The number of aliphatic imine (C=N–C) groups is 1. The van der Waals surface area contributed by atoms with E-state index in [1.807, 2.05) is 19.0 Å². The molecule has 0 spiro atoms. The molecule has 0 bridgehead atoms. The first kappa shape index (κ1) is 17.9. The molecule has 0 saturated heterocycles. The third-order valence-corrected chi connectivity index (χ3v) is 5.16. The molecule has 0 radical (unpaired) electrons. The van der Waals surface area contributed by atoms with Crippen molar-refractivity contribution in [1.29, 1.82) is 0 Å². The smallest absolute Gasteiger partial charge is 0.263 e. The van der Waals surface area contributed by atoms with Gasteiger partial charge in [0.15, 0.2) is 0 Å². The Labute approximate surface area is 152 Å². The zero-order chi connectivity index (χ0) is 18.7. The number of nitrogens with zero attached hydrogens (tertiary/aromatic N) is 3. The van der Waals surface area contributed by atoms with Crippen molar-refractivity contribution in [3.8, 4) is 0 Å². The van der Waals surface area contributed by atoms with Gasteiger partial charge in [-0.2, -0.15) is 0 Å². The zero-order valence-corrected chi connectivity index (χ0v) is 15.2. The third kappa shape index (κ3) is 3.83. The van der Waals surface area contributed by atoms with E-state index in [1.165, 1.54) is 6.07 Å². The number of carbonyl (C=O) groups excluding carboxylic acids is 1. The summed E-state index contributed by atoms with van der Waals surface area (Å²) in [6, 6.07) is 10.2. The van der Waals surface area contributed by atoms with Crippen LogP contribution < -0.4 is 14.9 Å². The monoisotopic (exact) mass is 373 g/mol. The molecule has 1 amide bonds. The highest BCUT2D eigenvalue weighted by molar-refractivity contribution is 7.90. The van der Waals surface area contributed by atoms with Crippen LogP contribution in [0.25, 0.3) is 0 Å². The molecule has 0 saturated carbocycles. The van der Waals surface area contributed by atoms with Crippen LogP contribution in [0.15, 0.2) is 52.5 Å². The van der Waals surface area contributed by atoms with Gasteiger partial charge in [0.25, 0.3) is 10.0 Å². The van der Waals surface area contributed by atoms with E-state index in [9.17, 15) is 13.2 Å². The molecule has 8 nitrogen and oxygen atoms in total. The number of aromatic nitrogens is 1. The number of rotatable bonds is 5. The van der Waals surface area contributed by atoms with Crippen molar-refractivity contribution >= 4 is 33.3 Å². The van der Waals surface area contributed by atoms with E-state index < -0.39 is 10.0 Å². The van der Waals surface area contributed by atoms with Crippen LogP contribution in [0, 0.1) is 0 Å². The summed E-state index contributed by atoms with van der Waals surface area (Å²) in [6.07, 6.45) is 1.71. The SMILES string of the molecule is CN(C)c1ccc(NC(=O)CCN=C2NS(=O)(=O)c3ccccc32)cn1. The average Bonchev–Trinajstić information content (AvgIpc) is 2.86. The maximum absolute atomic E-state index is 12.0. The van der Waals surface area contributed by atoms with E-state index in [0.29, 0.717) is 11.3 Å². The molecule has 1 aliphatic heterocycles. The second-order valence-corrected chi connectivity index (χ2v) is 7.58. The molecule has 2 aromatic rings. The normalized spacial score (nSPS) is 16.0. The molecule has 2 N–H and O–H groups in total. The summed E-state index contributed by atoms with van der Waals surface area (Å²) in [7, 11) is 0.209. The number of amides is 1. The van der Waals surface area contributed by atoms with Gasteiger partial charge in [-0.1, -0.05) is 12.1 Å². The minimum absolute atomic E-state index is 0.128. The molecular weight excluding hydrogens is 354 g/mol. The van der Waals surface area contributed by atoms with Crippen LogP contribution in [-0.4, -0.2) is 45.8 Å². The first-order valence-corrected chi connectivity index (χ1v) is 9.45. The molecular formula is C17H19N5O3S. The van der Waals surface area contributed by atoms with E-state index in [4.69, 9.17) is 0 Å². The lowest BCUT2D eigenvalue weighted by molar-refractivity contribution is -0.116. The van der Waals surface area contributed by atoms with Crippen LogP contribution in [0.2, 0.25) is 0 Å². The molecule has 26 heavy (non-hydrogen) atoms. The van der Waals surface area contributed by atoms with Crippen molar-refractivity contribution in [3.63, 3.8) is 0 Å². The summed E-state index contributed by atoms with van der Waals surface area (Å²) in [5.74, 6) is 0.842. The highest BCUT2D eigenvalue weighted by Crippen LogP contribution is 2.22. The Morgan fingerprint density at radius 3 is 2.69 bits per heavy atom. The van der Waals surface area contributed by atoms with Gasteiger partial charge in [-0.15, -0.1) is 0 Å². The fourth-order valence-corrected chi connectivity index (χ4v) is 3.72. The fraction of sp³-hybridized carbons (Fsp3) is 0.235. The molecule has 3 rings (SSSR count). The topological polar surface area (TPSA) is 104 Å². The Morgan fingerprint density at radius 1 is 1.23 bits per heavy atom. The van der Waals surface area contributed by atoms with Crippen molar-refractivity contribution in [2.45, 2.75) is 11.3 Å². The lowest BCUT2D eigenvalue weighted by Crippen LogP contribution is -2.23. The summed E-state index contributed by atoms with van der Waals surface area (Å²) in [6.45, 7) is 0.168. The summed E-state index contributed by atoms with van der Waals surface area (Å²) in [4.78, 5) is 22.5. The number of nitrogens with one attached hydrogen (secondary N) is 2. The average molecular weight is 373 g/mol. The van der Waals surface area contributed by atoms with Gasteiger partial charge in [0, 0.05) is 26.1 Å². The highest BCUT2D eigenvalue weighted by Gasteiger charge is 2.29. The van der Waals surface area contributed by atoms with Gasteiger partial charge in [-0.05, 0) is 24.3 Å². The van der Waals surface area contributed by atoms with Gasteiger partial charge in [-0.3, -0.25) is 14.5 Å². The van der Waals surface area contributed by atoms with E-state index in [1.54, 1.807) is 36.5 Å². The van der Waals surface area contributed by atoms with E-state index in [0.717, 1.165) is 5.82 Å². The van der Waals surface area contributed by atoms with Gasteiger partial charge < -0.3 is 10.2 Å². The number of amidine groups is 1. The summed E-state index contributed by atoms with van der Waals surface area (Å²) in [5, 5.41) is 2.74. The maximum atomic E-state index is 12.0. The lowest BCUT2D eigenvalue weighted by atomic mass is 10.2. The maximum Gasteiger partial charge on any atom is 0.263 e. The summed E-state index contributed by atoms with van der Waals surface area (Å²) < 4.78 is 26.4. The first-order valence-electron chi connectivity index (χ1n) is 7.97. The number of hydrogen-bond acceptors (Lipinski definition) is 6. The van der Waals surface area contributed by atoms with Crippen LogP contribution in [0.1, 0.15) is 12.0 Å². The number of hydrogen-bond donors (Lipinski definition) is 2. The van der Waals surface area contributed by atoms with Crippen LogP contribution in [0.3, 0.4) is 0 Å². The molecule has 0 unspecified atom stereocenters. The molecule has 1 aromatic heterocycles. The molecule has 1 aromatic carbocycles. The second-order valence-electron chi connectivity index (χ2n) is 5.93. The molecule has 136 valence electrons. The number of sulfonamides is 1. The second kappa shape index (κ2) is 7.12. The Balaban J connectivity index is 1.60. The van der Waals surface area contributed by atoms with Crippen molar-refractivity contribution in [2.24, 2.45) is 4.99 Å². The Kier molecular flexibility index (Phi) is 4.90. The molecule has 9 heteroatoms. The standard InChI is InChI=1S/C17H19N5O3S/c1-22(2)15-8-7-12(11-19-15)20-16(23)9-10-18-17-13-5-3-4-6-14(13)26(24,25)21-17/h3-8,11H,9-10H2,1-2H3,(H,18,21)(H,20,23). The van der Waals surface area contributed by atoms with Crippen molar-refractivity contribution in [2.75, 3.05) is 30.9 Å². The van der Waals surface area contributed by atoms with Crippen LogP contribution in [0.4, 0.5) is 11.5 Å². The van der Waals surface area contributed by atoms with Crippen molar-refractivity contribution in [1.82, 2.24) is 9.71 Å². The van der Waals surface area contributed by atoms with Crippen LogP contribution >= 0.6 is 0 Å². The largest absolute Gasteiger partial charge is 0.363 e. The Hall–Kier alpha value is -2.94. The van der Waals surface area contributed by atoms with Gasteiger partial charge in [0.1, 0.15) is 11.7 Å².